The van der Waals surface area contributed by atoms with Crippen molar-refractivity contribution in [3.63, 3.8) is 0 Å². The van der Waals surface area contributed by atoms with Crippen LogP contribution in [0.5, 0.6) is 0 Å². The number of nitrogens with zero attached hydrogens (tertiary/aromatic N) is 1. The molecule has 1 amide bonds. The summed E-state index contributed by atoms with van der Waals surface area (Å²) in [5, 5.41) is -0.308. The highest BCUT2D eigenvalue weighted by atomic mass is 35.5. The van der Waals surface area contributed by atoms with Gasteiger partial charge in [0.25, 0.3) is 0 Å². The summed E-state index contributed by atoms with van der Waals surface area (Å²) in [6.45, 7) is 1.49. The molecule has 0 bridgehead atoms. The Balaban J connectivity index is 2.10. The van der Waals surface area contributed by atoms with Crippen molar-refractivity contribution in [2.24, 2.45) is 11.7 Å². The number of hydrogen-bond donors (Lipinski definition) is 1. The molecule has 1 heterocycles. The van der Waals surface area contributed by atoms with Gasteiger partial charge in [0.2, 0.25) is 5.91 Å². The molecule has 110 valence electrons. The smallest absolute Gasteiger partial charge is 0.369 e. The fourth-order valence-corrected chi connectivity index (χ4v) is 2.58. The van der Waals surface area contributed by atoms with Crippen LogP contribution in [0.4, 0.5) is 13.2 Å². The molecule has 1 unspecified atom stereocenters. The standard InChI is InChI=1S/C13H14ClF3N2O/c14-11-2-1-8(5-10(11)13(15,16)17)6-19-4-3-9(7-19)12(18)20/h1-2,5,9H,3-4,6-7H2,(H2,18,20). The second-order valence-electron chi connectivity index (χ2n) is 4.94. The summed E-state index contributed by atoms with van der Waals surface area (Å²) in [6, 6.07) is 3.87. The maximum atomic E-state index is 12.8. The lowest BCUT2D eigenvalue weighted by Crippen LogP contribution is -2.27. The van der Waals surface area contributed by atoms with Gasteiger partial charge >= 0.3 is 6.18 Å². The van der Waals surface area contributed by atoms with Crippen molar-refractivity contribution >= 4 is 17.5 Å². The van der Waals surface area contributed by atoms with Gasteiger partial charge in [0.1, 0.15) is 0 Å². The Morgan fingerprint density at radius 3 is 2.70 bits per heavy atom. The van der Waals surface area contributed by atoms with Gasteiger partial charge in [0.05, 0.1) is 16.5 Å². The average Bonchev–Trinajstić information content (AvgIpc) is 2.79. The molecule has 1 fully saturated rings. The van der Waals surface area contributed by atoms with Gasteiger partial charge in [0, 0.05) is 13.1 Å². The summed E-state index contributed by atoms with van der Waals surface area (Å²) in [5.41, 5.74) is 4.91. The van der Waals surface area contributed by atoms with Gasteiger partial charge in [-0.05, 0) is 30.7 Å². The van der Waals surface area contributed by atoms with Crippen LogP contribution in [0.15, 0.2) is 18.2 Å². The van der Waals surface area contributed by atoms with E-state index >= 15 is 0 Å². The van der Waals surface area contributed by atoms with Crippen molar-refractivity contribution in [3.8, 4) is 0 Å². The van der Waals surface area contributed by atoms with Crippen LogP contribution in [0, 0.1) is 5.92 Å². The van der Waals surface area contributed by atoms with Gasteiger partial charge in [-0.1, -0.05) is 17.7 Å². The zero-order chi connectivity index (χ0) is 14.9. The molecular formula is C13H14ClF3N2O. The predicted octanol–water partition coefficient (Wildman–Crippen LogP) is 2.67. The average molecular weight is 307 g/mol. The normalized spacial score (nSPS) is 20.3. The lowest BCUT2D eigenvalue weighted by molar-refractivity contribution is -0.137. The molecule has 2 rings (SSSR count). The number of likely N-dealkylation sites (tertiary alicyclic amines) is 1. The number of nitrogens with two attached hydrogens (primary N) is 1. The van der Waals surface area contributed by atoms with E-state index < -0.39 is 11.7 Å². The zero-order valence-corrected chi connectivity index (χ0v) is 11.3. The first-order chi connectivity index (χ1) is 9.27. The third-order valence-corrected chi connectivity index (χ3v) is 3.75. The van der Waals surface area contributed by atoms with Gasteiger partial charge in [-0.3, -0.25) is 9.69 Å². The summed E-state index contributed by atoms with van der Waals surface area (Å²) in [5.74, 6) is -0.580. The van der Waals surface area contributed by atoms with E-state index in [0.717, 1.165) is 6.07 Å². The van der Waals surface area contributed by atoms with Crippen LogP contribution >= 0.6 is 11.6 Å². The highest BCUT2D eigenvalue weighted by Gasteiger charge is 2.33. The molecule has 2 N–H and O–H groups in total. The first-order valence-electron chi connectivity index (χ1n) is 6.14. The van der Waals surface area contributed by atoms with Crippen molar-refractivity contribution in [2.45, 2.75) is 19.1 Å². The van der Waals surface area contributed by atoms with Crippen molar-refractivity contribution in [1.29, 1.82) is 0 Å². The van der Waals surface area contributed by atoms with Crippen molar-refractivity contribution < 1.29 is 18.0 Å². The maximum Gasteiger partial charge on any atom is 0.417 e. The summed E-state index contributed by atoms with van der Waals surface area (Å²) >= 11 is 5.57. The number of alkyl halides is 3. The molecule has 1 atom stereocenters. The molecule has 7 heteroatoms. The van der Waals surface area contributed by atoms with E-state index in [-0.39, 0.29) is 16.8 Å². The SMILES string of the molecule is NC(=O)C1CCN(Cc2ccc(Cl)c(C(F)(F)F)c2)C1. The van der Waals surface area contributed by atoms with Crippen molar-refractivity contribution in [1.82, 2.24) is 4.90 Å². The van der Waals surface area contributed by atoms with E-state index in [9.17, 15) is 18.0 Å². The third kappa shape index (κ3) is 3.43. The molecule has 0 aromatic heterocycles. The van der Waals surface area contributed by atoms with Crippen LogP contribution in [0.3, 0.4) is 0 Å². The Bertz CT molecular complexity index is 519. The number of rotatable bonds is 3. The third-order valence-electron chi connectivity index (χ3n) is 3.42. The molecule has 1 aliphatic rings. The van der Waals surface area contributed by atoms with Gasteiger partial charge < -0.3 is 5.73 Å². The Morgan fingerprint density at radius 2 is 2.15 bits per heavy atom. The van der Waals surface area contributed by atoms with Crippen LogP contribution < -0.4 is 5.73 Å². The Kier molecular flexibility index (Phi) is 4.25. The minimum Gasteiger partial charge on any atom is -0.369 e. The summed E-state index contributed by atoms with van der Waals surface area (Å²) < 4.78 is 38.3. The van der Waals surface area contributed by atoms with Gasteiger partial charge in [-0.25, -0.2) is 0 Å². The molecule has 1 aliphatic heterocycles. The number of amides is 1. The number of benzene rings is 1. The first kappa shape index (κ1) is 15.1. The van der Waals surface area contributed by atoms with E-state index in [2.05, 4.69) is 0 Å². The monoisotopic (exact) mass is 306 g/mol. The number of carbonyl (C=O) groups excluding carboxylic acids is 1. The van der Waals surface area contributed by atoms with E-state index in [4.69, 9.17) is 17.3 Å². The number of hydrogen-bond acceptors (Lipinski definition) is 2. The summed E-state index contributed by atoms with van der Waals surface area (Å²) in [7, 11) is 0. The Labute approximate surface area is 119 Å². The topological polar surface area (TPSA) is 46.3 Å². The zero-order valence-electron chi connectivity index (χ0n) is 10.6. The molecule has 1 aromatic rings. The van der Waals surface area contributed by atoms with Crippen molar-refractivity contribution in [2.75, 3.05) is 13.1 Å². The minimum absolute atomic E-state index is 0.218. The van der Waals surface area contributed by atoms with Crippen LogP contribution in [-0.4, -0.2) is 23.9 Å². The summed E-state index contributed by atoms with van der Waals surface area (Å²) in [4.78, 5) is 13.0. The fourth-order valence-electron chi connectivity index (χ4n) is 2.35. The minimum atomic E-state index is -4.46. The van der Waals surface area contributed by atoms with E-state index in [1.165, 1.54) is 6.07 Å². The number of carbonyl (C=O) groups is 1. The largest absolute Gasteiger partial charge is 0.417 e. The second-order valence-corrected chi connectivity index (χ2v) is 5.34. The quantitative estimate of drug-likeness (QED) is 0.933. The van der Waals surface area contributed by atoms with Crippen LogP contribution in [0.25, 0.3) is 0 Å². The lowest BCUT2D eigenvalue weighted by atomic mass is 10.1. The highest BCUT2D eigenvalue weighted by molar-refractivity contribution is 6.31. The van der Waals surface area contributed by atoms with Crippen LogP contribution in [0.2, 0.25) is 5.02 Å². The molecule has 0 aliphatic carbocycles. The van der Waals surface area contributed by atoms with E-state index in [1.54, 1.807) is 6.07 Å². The van der Waals surface area contributed by atoms with Gasteiger partial charge in [-0.2, -0.15) is 13.2 Å². The molecule has 1 aromatic carbocycles. The second kappa shape index (κ2) is 5.61. The Hall–Kier alpha value is -1.27. The molecule has 0 saturated carbocycles. The first-order valence-corrected chi connectivity index (χ1v) is 6.52. The van der Waals surface area contributed by atoms with Crippen molar-refractivity contribution in [3.05, 3.63) is 34.3 Å². The number of halogens is 4. The molecule has 20 heavy (non-hydrogen) atoms. The molecule has 1 saturated heterocycles. The summed E-state index contributed by atoms with van der Waals surface area (Å²) in [6.07, 6.45) is -3.82. The van der Waals surface area contributed by atoms with Gasteiger partial charge in [-0.15, -0.1) is 0 Å². The molecular weight excluding hydrogens is 293 g/mol. The van der Waals surface area contributed by atoms with Gasteiger partial charge in [0.15, 0.2) is 0 Å². The van der Waals surface area contributed by atoms with Crippen LogP contribution in [-0.2, 0) is 17.5 Å². The predicted molar refractivity (Wildman–Crippen MR) is 69.0 cm³/mol. The fraction of sp³-hybridized carbons (Fsp3) is 0.462. The highest BCUT2D eigenvalue weighted by Crippen LogP contribution is 2.35. The molecule has 0 spiro atoms. The number of primary amides is 1. The lowest BCUT2D eigenvalue weighted by Gasteiger charge is -2.17. The van der Waals surface area contributed by atoms with E-state index in [1.807, 2.05) is 4.90 Å². The van der Waals surface area contributed by atoms with E-state index in [0.29, 0.717) is 31.6 Å². The molecule has 0 radical (unpaired) electrons. The van der Waals surface area contributed by atoms with Crippen LogP contribution in [0.1, 0.15) is 17.5 Å². The Morgan fingerprint density at radius 1 is 1.45 bits per heavy atom. The molecule has 3 nitrogen and oxygen atoms in total. The maximum absolute atomic E-state index is 12.8.